The third-order valence-corrected chi connectivity index (χ3v) is 4.84. The van der Waals surface area contributed by atoms with Gasteiger partial charge in [-0.2, -0.15) is 0 Å². The van der Waals surface area contributed by atoms with Crippen LogP contribution in [0.3, 0.4) is 0 Å². The van der Waals surface area contributed by atoms with E-state index in [4.69, 9.17) is 14.2 Å². The van der Waals surface area contributed by atoms with Gasteiger partial charge < -0.3 is 23.9 Å². The summed E-state index contributed by atoms with van der Waals surface area (Å²) in [5, 5.41) is 9.30. The number of carboxylic acid groups (broad SMARTS) is 1. The predicted molar refractivity (Wildman–Crippen MR) is 106 cm³/mol. The molecule has 0 unspecified atom stereocenters. The van der Waals surface area contributed by atoms with E-state index in [1.54, 1.807) is 6.20 Å². The molecule has 0 fully saturated rings. The van der Waals surface area contributed by atoms with Crippen molar-refractivity contribution in [2.24, 2.45) is 7.05 Å². The number of hydrogen-bond donors (Lipinski definition) is 1. The third-order valence-electron chi connectivity index (χ3n) is 4.84. The van der Waals surface area contributed by atoms with Gasteiger partial charge in [-0.05, 0) is 35.4 Å². The van der Waals surface area contributed by atoms with Crippen LogP contribution in [0.2, 0.25) is 0 Å². The van der Waals surface area contributed by atoms with Crippen molar-refractivity contribution in [1.82, 2.24) is 9.55 Å². The van der Waals surface area contributed by atoms with Gasteiger partial charge >= 0.3 is 5.97 Å². The first kappa shape index (κ1) is 18.9. The molecular weight excluding hydrogens is 372 g/mol. The van der Waals surface area contributed by atoms with E-state index in [1.807, 2.05) is 60.3 Å². The van der Waals surface area contributed by atoms with E-state index in [0.29, 0.717) is 25.6 Å². The maximum Gasteiger partial charge on any atom is 0.304 e. The lowest BCUT2D eigenvalue weighted by Crippen LogP contribution is -2.15. The number of nitrogens with zero attached hydrogens (tertiary/aromatic N) is 2. The summed E-state index contributed by atoms with van der Waals surface area (Å²) in [6, 6.07) is 13.2. The SMILES string of the molecule is Cn1ccnc1[C@@H](CC(=O)O)c1ccc(OCc2ccc3c(c2)OCCO3)cc1. The molecule has 3 aromatic rings. The number of hydrogen-bond acceptors (Lipinski definition) is 5. The van der Waals surface area contributed by atoms with Gasteiger partial charge in [0, 0.05) is 19.4 Å². The lowest BCUT2D eigenvalue weighted by Gasteiger charge is -2.19. The molecule has 7 heteroatoms. The molecule has 0 aliphatic carbocycles. The molecule has 1 atom stereocenters. The van der Waals surface area contributed by atoms with Gasteiger partial charge in [0.15, 0.2) is 11.5 Å². The summed E-state index contributed by atoms with van der Waals surface area (Å²) in [5.41, 5.74) is 1.86. The fraction of sp³-hybridized carbons (Fsp3) is 0.273. The van der Waals surface area contributed by atoms with Crippen molar-refractivity contribution in [3.63, 3.8) is 0 Å². The molecule has 29 heavy (non-hydrogen) atoms. The summed E-state index contributed by atoms with van der Waals surface area (Å²) in [5.74, 6) is 1.73. The molecule has 2 aromatic carbocycles. The zero-order chi connectivity index (χ0) is 20.2. The summed E-state index contributed by atoms with van der Waals surface area (Å²) in [6.45, 7) is 1.51. The number of ether oxygens (including phenoxy) is 3. The second kappa shape index (κ2) is 8.26. The minimum Gasteiger partial charge on any atom is -0.489 e. The van der Waals surface area contributed by atoms with Crippen molar-refractivity contribution in [2.75, 3.05) is 13.2 Å². The van der Waals surface area contributed by atoms with Crippen LogP contribution in [-0.2, 0) is 18.4 Å². The molecule has 1 aliphatic rings. The highest BCUT2D eigenvalue weighted by atomic mass is 16.6. The zero-order valence-corrected chi connectivity index (χ0v) is 16.1. The Hall–Kier alpha value is -3.48. The molecule has 0 radical (unpaired) electrons. The van der Waals surface area contributed by atoms with Gasteiger partial charge in [-0.25, -0.2) is 4.98 Å². The highest BCUT2D eigenvalue weighted by molar-refractivity contribution is 5.68. The third kappa shape index (κ3) is 4.34. The van der Waals surface area contributed by atoms with Crippen LogP contribution in [0, 0.1) is 0 Å². The second-order valence-corrected chi connectivity index (χ2v) is 6.88. The molecule has 0 amide bonds. The van der Waals surface area contributed by atoms with Crippen molar-refractivity contribution in [1.29, 1.82) is 0 Å². The molecule has 0 bridgehead atoms. The fourth-order valence-electron chi connectivity index (χ4n) is 3.39. The Balaban J connectivity index is 1.45. The van der Waals surface area contributed by atoms with Crippen molar-refractivity contribution in [2.45, 2.75) is 18.9 Å². The Morgan fingerprint density at radius 1 is 1.17 bits per heavy atom. The van der Waals surface area contributed by atoms with Gasteiger partial charge in [-0.15, -0.1) is 0 Å². The molecule has 0 spiro atoms. The molecule has 1 N–H and O–H groups in total. The van der Waals surface area contributed by atoms with E-state index in [1.165, 1.54) is 0 Å². The number of carbonyl (C=O) groups is 1. The van der Waals surface area contributed by atoms with E-state index in [0.717, 1.165) is 28.5 Å². The van der Waals surface area contributed by atoms with Crippen LogP contribution in [0.1, 0.15) is 29.3 Å². The maximum atomic E-state index is 11.3. The summed E-state index contributed by atoms with van der Waals surface area (Å²) in [7, 11) is 1.86. The van der Waals surface area contributed by atoms with Crippen molar-refractivity contribution in [3.8, 4) is 17.2 Å². The van der Waals surface area contributed by atoms with E-state index in [9.17, 15) is 9.90 Å². The zero-order valence-electron chi connectivity index (χ0n) is 16.1. The fourth-order valence-corrected chi connectivity index (χ4v) is 3.39. The van der Waals surface area contributed by atoms with Crippen molar-refractivity contribution in [3.05, 3.63) is 71.8 Å². The Labute approximate surface area is 168 Å². The summed E-state index contributed by atoms with van der Waals surface area (Å²) in [6.07, 6.45) is 3.46. The first-order valence-electron chi connectivity index (χ1n) is 9.40. The van der Waals surface area contributed by atoms with Crippen LogP contribution in [0.4, 0.5) is 0 Å². The number of fused-ring (bicyclic) bond motifs is 1. The Bertz CT molecular complexity index is 997. The lowest BCUT2D eigenvalue weighted by atomic mass is 9.94. The van der Waals surface area contributed by atoms with Crippen LogP contribution in [0.5, 0.6) is 17.2 Å². The van der Waals surface area contributed by atoms with Gasteiger partial charge in [0.05, 0.1) is 12.3 Å². The molecule has 1 aliphatic heterocycles. The average molecular weight is 394 g/mol. The van der Waals surface area contributed by atoms with Crippen molar-refractivity contribution >= 4 is 5.97 Å². The average Bonchev–Trinajstić information content (AvgIpc) is 3.16. The van der Waals surface area contributed by atoms with Gasteiger partial charge in [0.25, 0.3) is 0 Å². The number of aryl methyl sites for hydroxylation is 1. The summed E-state index contributed by atoms with van der Waals surface area (Å²) >= 11 is 0. The Morgan fingerprint density at radius 3 is 2.62 bits per heavy atom. The van der Waals surface area contributed by atoms with E-state index >= 15 is 0 Å². The number of rotatable bonds is 7. The van der Waals surface area contributed by atoms with Gasteiger partial charge in [0.1, 0.15) is 31.4 Å². The van der Waals surface area contributed by atoms with E-state index in [2.05, 4.69) is 4.98 Å². The Morgan fingerprint density at radius 2 is 1.93 bits per heavy atom. The first-order chi connectivity index (χ1) is 14.1. The molecule has 0 saturated carbocycles. The summed E-state index contributed by atoms with van der Waals surface area (Å²) in [4.78, 5) is 15.7. The van der Waals surface area contributed by atoms with Gasteiger partial charge in [-0.3, -0.25) is 4.79 Å². The number of aliphatic carboxylic acids is 1. The molecule has 4 rings (SSSR count). The number of aromatic nitrogens is 2. The highest BCUT2D eigenvalue weighted by Crippen LogP contribution is 2.32. The second-order valence-electron chi connectivity index (χ2n) is 6.88. The van der Waals surface area contributed by atoms with Crippen LogP contribution in [0.15, 0.2) is 54.9 Å². The minimum absolute atomic E-state index is 0.0255. The smallest absolute Gasteiger partial charge is 0.304 e. The normalized spacial score (nSPS) is 13.7. The topological polar surface area (TPSA) is 82.8 Å². The maximum absolute atomic E-state index is 11.3. The molecular formula is C22H22N2O5. The molecule has 2 heterocycles. The lowest BCUT2D eigenvalue weighted by molar-refractivity contribution is -0.137. The van der Waals surface area contributed by atoms with Crippen LogP contribution in [0.25, 0.3) is 0 Å². The van der Waals surface area contributed by atoms with E-state index in [-0.39, 0.29) is 12.3 Å². The van der Waals surface area contributed by atoms with Crippen LogP contribution < -0.4 is 14.2 Å². The van der Waals surface area contributed by atoms with Gasteiger partial charge in [0.2, 0.25) is 0 Å². The molecule has 0 saturated heterocycles. The van der Waals surface area contributed by atoms with Crippen molar-refractivity contribution < 1.29 is 24.1 Å². The van der Waals surface area contributed by atoms with E-state index < -0.39 is 5.97 Å². The largest absolute Gasteiger partial charge is 0.489 e. The number of carboxylic acids is 1. The minimum atomic E-state index is -0.864. The Kier molecular flexibility index (Phi) is 5.37. The molecule has 7 nitrogen and oxygen atoms in total. The number of benzene rings is 2. The van der Waals surface area contributed by atoms with Crippen LogP contribution >= 0.6 is 0 Å². The van der Waals surface area contributed by atoms with Gasteiger partial charge in [-0.1, -0.05) is 18.2 Å². The standard InChI is InChI=1S/C22H22N2O5/c1-24-9-8-23-22(24)18(13-21(25)26)16-3-5-17(6-4-16)29-14-15-2-7-19-20(12-15)28-11-10-27-19/h2-9,12,18H,10-11,13-14H2,1H3,(H,25,26)/t18-/m0/s1. The predicted octanol–water partition coefficient (Wildman–Crippen LogP) is 3.38. The quantitative estimate of drug-likeness (QED) is 0.662. The molecule has 150 valence electrons. The molecule has 1 aromatic heterocycles. The summed E-state index contributed by atoms with van der Waals surface area (Å²) < 4.78 is 18.9. The number of imidazole rings is 1. The first-order valence-corrected chi connectivity index (χ1v) is 9.40. The highest BCUT2D eigenvalue weighted by Gasteiger charge is 2.21. The monoisotopic (exact) mass is 394 g/mol. The van der Waals surface area contributed by atoms with Crippen LogP contribution in [-0.4, -0.2) is 33.8 Å².